The molecular weight excluding hydrogens is 312 g/mol. The van der Waals surface area contributed by atoms with Crippen LogP contribution in [0.15, 0.2) is 24.3 Å². The van der Waals surface area contributed by atoms with Crippen LogP contribution in [-0.2, 0) is 14.3 Å². The Labute approximate surface area is 140 Å². The first kappa shape index (κ1) is 17.8. The van der Waals surface area contributed by atoms with Crippen molar-refractivity contribution in [3.63, 3.8) is 0 Å². The maximum absolute atomic E-state index is 12.0. The molecule has 1 atom stereocenters. The molecule has 1 aromatic rings. The zero-order valence-electron chi connectivity index (χ0n) is 13.8. The molecule has 1 aliphatic carbocycles. The maximum Gasteiger partial charge on any atom is 0.326 e. The number of ether oxygens (including phenoxy) is 2. The van der Waals surface area contributed by atoms with Crippen LogP contribution >= 0.6 is 0 Å². The van der Waals surface area contributed by atoms with Crippen molar-refractivity contribution in [2.45, 2.75) is 38.8 Å². The van der Waals surface area contributed by atoms with Crippen LogP contribution in [0.1, 0.15) is 37.0 Å². The Morgan fingerprint density at radius 3 is 2.46 bits per heavy atom. The SMILES string of the molecule is CCOc1ccc(C(=O)NCC(=O)O[C@H](C)C(=O)NC2CC2)cc1. The molecule has 2 rings (SSSR count). The minimum atomic E-state index is -0.875. The van der Waals surface area contributed by atoms with E-state index in [0.29, 0.717) is 17.9 Å². The van der Waals surface area contributed by atoms with Crippen LogP contribution < -0.4 is 15.4 Å². The van der Waals surface area contributed by atoms with Gasteiger partial charge in [0, 0.05) is 11.6 Å². The lowest BCUT2D eigenvalue weighted by molar-refractivity contribution is -0.153. The molecule has 0 heterocycles. The van der Waals surface area contributed by atoms with E-state index < -0.39 is 18.0 Å². The second kappa shape index (κ2) is 8.33. The molecule has 24 heavy (non-hydrogen) atoms. The van der Waals surface area contributed by atoms with Gasteiger partial charge in [0.1, 0.15) is 12.3 Å². The molecule has 1 aromatic carbocycles. The first-order valence-corrected chi connectivity index (χ1v) is 8.00. The lowest BCUT2D eigenvalue weighted by Crippen LogP contribution is -2.39. The Morgan fingerprint density at radius 2 is 1.88 bits per heavy atom. The van der Waals surface area contributed by atoms with E-state index in [2.05, 4.69) is 10.6 Å². The Morgan fingerprint density at radius 1 is 1.21 bits per heavy atom. The molecule has 0 spiro atoms. The van der Waals surface area contributed by atoms with E-state index in [0.717, 1.165) is 12.8 Å². The predicted octanol–water partition coefficient (Wildman–Crippen LogP) is 1.03. The van der Waals surface area contributed by atoms with Crippen LogP contribution in [0, 0.1) is 0 Å². The van der Waals surface area contributed by atoms with Gasteiger partial charge in [-0.15, -0.1) is 0 Å². The van der Waals surface area contributed by atoms with Crippen molar-refractivity contribution in [3.05, 3.63) is 29.8 Å². The molecule has 1 fully saturated rings. The van der Waals surface area contributed by atoms with Crippen LogP contribution in [-0.4, -0.2) is 43.1 Å². The highest BCUT2D eigenvalue weighted by molar-refractivity contribution is 5.96. The summed E-state index contributed by atoms with van der Waals surface area (Å²) in [6.45, 7) is 3.62. The standard InChI is InChI=1S/C17H22N2O5/c1-3-23-14-8-4-12(5-9-14)17(22)18-10-15(20)24-11(2)16(21)19-13-6-7-13/h4-5,8-9,11,13H,3,6-7,10H2,1-2H3,(H,18,22)(H,19,21)/t11-/m1/s1. The van der Waals surface area contributed by atoms with E-state index in [1.807, 2.05) is 6.92 Å². The van der Waals surface area contributed by atoms with Crippen molar-refractivity contribution < 1.29 is 23.9 Å². The third-order valence-electron chi connectivity index (χ3n) is 3.42. The quantitative estimate of drug-likeness (QED) is 0.693. The van der Waals surface area contributed by atoms with Gasteiger partial charge < -0.3 is 20.1 Å². The first-order chi connectivity index (χ1) is 11.5. The number of amides is 2. The number of hydrogen-bond acceptors (Lipinski definition) is 5. The number of carbonyl (C=O) groups is 3. The van der Waals surface area contributed by atoms with Crippen LogP contribution in [0.4, 0.5) is 0 Å². The van der Waals surface area contributed by atoms with E-state index in [4.69, 9.17) is 9.47 Å². The Kier molecular flexibility index (Phi) is 6.17. The molecule has 1 saturated carbocycles. The maximum atomic E-state index is 12.0. The molecule has 2 amide bonds. The molecule has 130 valence electrons. The van der Waals surface area contributed by atoms with Gasteiger partial charge >= 0.3 is 5.97 Å². The average molecular weight is 334 g/mol. The second-order valence-electron chi connectivity index (χ2n) is 5.56. The molecule has 0 aliphatic heterocycles. The second-order valence-corrected chi connectivity index (χ2v) is 5.56. The highest BCUT2D eigenvalue weighted by Gasteiger charge is 2.27. The fourth-order valence-electron chi connectivity index (χ4n) is 1.96. The first-order valence-electron chi connectivity index (χ1n) is 8.00. The van der Waals surface area contributed by atoms with Gasteiger partial charge in [0.05, 0.1) is 6.61 Å². The highest BCUT2D eigenvalue weighted by Crippen LogP contribution is 2.18. The summed E-state index contributed by atoms with van der Waals surface area (Å²) in [6.07, 6.45) is 1.05. The molecule has 0 radical (unpaired) electrons. The summed E-state index contributed by atoms with van der Waals surface area (Å²) in [5.41, 5.74) is 0.408. The van der Waals surface area contributed by atoms with E-state index in [1.165, 1.54) is 6.92 Å². The number of carbonyl (C=O) groups excluding carboxylic acids is 3. The number of hydrogen-bond donors (Lipinski definition) is 2. The number of nitrogens with one attached hydrogen (secondary N) is 2. The number of rotatable bonds is 8. The molecule has 0 aromatic heterocycles. The minimum Gasteiger partial charge on any atom is -0.494 e. The fraction of sp³-hybridized carbons (Fsp3) is 0.471. The van der Waals surface area contributed by atoms with E-state index in [-0.39, 0.29) is 18.5 Å². The van der Waals surface area contributed by atoms with Crippen molar-refractivity contribution in [2.24, 2.45) is 0 Å². The topological polar surface area (TPSA) is 93.7 Å². The van der Waals surface area contributed by atoms with Gasteiger partial charge in [0.2, 0.25) is 0 Å². The molecule has 0 bridgehead atoms. The van der Waals surface area contributed by atoms with Crippen LogP contribution in [0.25, 0.3) is 0 Å². The summed E-state index contributed by atoms with van der Waals surface area (Å²) in [4.78, 5) is 35.3. The third-order valence-corrected chi connectivity index (χ3v) is 3.42. The van der Waals surface area contributed by atoms with Gasteiger partial charge in [-0.2, -0.15) is 0 Å². The van der Waals surface area contributed by atoms with E-state index in [9.17, 15) is 14.4 Å². The predicted molar refractivity (Wildman–Crippen MR) is 86.7 cm³/mol. The Bertz CT molecular complexity index is 596. The summed E-state index contributed by atoms with van der Waals surface area (Å²) >= 11 is 0. The van der Waals surface area contributed by atoms with Crippen molar-refractivity contribution in [3.8, 4) is 5.75 Å². The molecule has 0 unspecified atom stereocenters. The smallest absolute Gasteiger partial charge is 0.326 e. The normalized spacial score (nSPS) is 14.4. The molecular formula is C17H22N2O5. The average Bonchev–Trinajstić information content (AvgIpc) is 3.37. The van der Waals surface area contributed by atoms with Crippen LogP contribution in [0.2, 0.25) is 0 Å². The van der Waals surface area contributed by atoms with Gasteiger partial charge in [-0.05, 0) is 51.0 Å². The zero-order chi connectivity index (χ0) is 17.5. The van der Waals surface area contributed by atoms with Crippen LogP contribution in [0.3, 0.4) is 0 Å². The molecule has 2 N–H and O–H groups in total. The number of benzene rings is 1. The summed E-state index contributed by atoms with van der Waals surface area (Å²) in [5, 5.41) is 5.21. The van der Waals surface area contributed by atoms with E-state index >= 15 is 0 Å². The van der Waals surface area contributed by atoms with Crippen molar-refractivity contribution in [1.82, 2.24) is 10.6 Å². The summed E-state index contributed by atoms with van der Waals surface area (Å²) < 4.78 is 10.3. The zero-order valence-corrected chi connectivity index (χ0v) is 13.8. The van der Waals surface area contributed by atoms with Gasteiger partial charge in [0.25, 0.3) is 11.8 Å². The summed E-state index contributed by atoms with van der Waals surface area (Å²) in [7, 11) is 0. The summed E-state index contributed by atoms with van der Waals surface area (Å²) in [6, 6.07) is 6.79. The van der Waals surface area contributed by atoms with Gasteiger partial charge in [-0.25, -0.2) is 0 Å². The third kappa shape index (κ3) is 5.57. The monoisotopic (exact) mass is 334 g/mol. The Hall–Kier alpha value is -2.57. The van der Waals surface area contributed by atoms with Gasteiger partial charge in [-0.1, -0.05) is 0 Å². The molecule has 1 aliphatic rings. The molecule has 0 saturated heterocycles. The minimum absolute atomic E-state index is 0.206. The Balaban J connectivity index is 1.73. The lowest BCUT2D eigenvalue weighted by atomic mass is 10.2. The lowest BCUT2D eigenvalue weighted by Gasteiger charge is -2.13. The number of esters is 1. The molecule has 7 heteroatoms. The van der Waals surface area contributed by atoms with Crippen molar-refractivity contribution in [2.75, 3.05) is 13.2 Å². The van der Waals surface area contributed by atoms with Crippen LogP contribution in [0.5, 0.6) is 5.75 Å². The van der Waals surface area contributed by atoms with Crippen molar-refractivity contribution in [1.29, 1.82) is 0 Å². The highest BCUT2D eigenvalue weighted by atomic mass is 16.5. The van der Waals surface area contributed by atoms with Gasteiger partial charge in [-0.3, -0.25) is 14.4 Å². The largest absolute Gasteiger partial charge is 0.494 e. The fourth-order valence-corrected chi connectivity index (χ4v) is 1.96. The van der Waals surface area contributed by atoms with Crippen molar-refractivity contribution >= 4 is 17.8 Å². The van der Waals surface area contributed by atoms with Gasteiger partial charge in [0.15, 0.2) is 6.10 Å². The van der Waals surface area contributed by atoms with E-state index in [1.54, 1.807) is 24.3 Å². The summed E-state index contributed by atoms with van der Waals surface area (Å²) in [5.74, 6) is -0.703. The molecule has 7 nitrogen and oxygen atoms in total.